The molecule has 5 nitrogen and oxygen atoms in total. The number of hydrogen-bond acceptors (Lipinski definition) is 5. The number of pyridine rings is 1. The molecular formula is C50H31N5S. The summed E-state index contributed by atoms with van der Waals surface area (Å²) < 4.78 is 4.80. The lowest BCUT2D eigenvalue weighted by Crippen LogP contribution is -2.02. The highest BCUT2D eigenvalue weighted by molar-refractivity contribution is 7.26. The zero-order valence-electron chi connectivity index (χ0n) is 30.0. The van der Waals surface area contributed by atoms with Gasteiger partial charge in [0.15, 0.2) is 17.5 Å². The van der Waals surface area contributed by atoms with Crippen molar-refractivity contribution < 1.29 is 0 Å². The van der Waals surface area contributed by atoms with Gasteiger partial charge < -0.3 is 4.57 Å². The SMILES string of the molecule is c1ccc(-c2nc(-c3cccc(-c4nccc5c4sc4ccccc45)c3)nc(-c3ccc(-c4ccccc4)c(-n4c5ccccc5c5ccccc54)c3)n2)cc1. The van der Waals surface area contributed by atoms with E-state index in [4.69, 9.17) is 19.9 Å². The highest BCUT2D eigenvalue weighted by Gasteiger charge is 2.19. The summed E-state index contributed by atoms with van der Waals surface area (Å²) in [7, 11) is 0. The number of aromatic nitrogens is 5. The summed E-state index contributed by atoms with van der Waals surface area (Å²) in [6, 6.07) is 63.6. The van der Waals surface area contributed by atoms with Crippen molar-refractivity contribution in [2.45, 2.75) is 0 Å². The van der Waals surface area contributed by atoms with Crippen LogP contribution in [0.2, 0.25) is 0 Å². The Kier molecular flexibility index (Phi) is 7.60. The quantitative estimate of drug-likeness (QED) is 0.171. The van der Waals surface area contributed by atoms with E-state index in [1.54, 1.807) is 11.3 Å². The summed E-state index contributed by atoms with van der Waals surface area (Å²) in [5, 5.41) is 4.89. The van der Waals surface area contributed by atoms with E-state index in [0.717, 1.165) is 55.8 Å². The first-order valence-corrected chi connectivity index (χ1v) is 19.5. The van der Waals surface area contributed by atoms with Crippen LogP contribution in [0, 0.1) is 0 Å². The lowest BCUT2D eigenvalue weighted by atomic mass is 10.0. The Bertz CT molecular complexity index is 3200. The van der Waals surface area contributed by atoms with Gasteiger partial charge in [-0.15, -0.1) is 11.3 Å². The van der Waals surface area contributed by atoms with Crippen molar-refractivity contribution in [2.75, 3.05) is 0 Å². The fourth-order valence-electron chi connectivity index (χ4n) is 7.91. The Hall–Kier alpha value is -7.28. The third kappa shape index (κ3) is 5.38. The maximum absolute atomic E-state index is 5.23. The van der Waals surface area contributed by atoms with Gasteiger partial charge in [-0.3, -0.25) is 4.98 Å². The minimum absolute atomic E-state index is 0.602. The van der Waals surface area contributed by atoms with Gasteiger partial charge >= 0.3 is 0 Å². The normalized spacial score (nSPS) is 11.6. The molecule has 4 heterocycles. The molecule has 0 aliphatic rings. The standard InChI is InChI=1S/C50H31N5S/c1-3-14-32(15-4-1)37-27-26-36(31-44(37)55-42-23-10-7-20-38(42)39-21-8-11-24-43(39)55)50-53-48(33-16-5-2-6-17-33)52-49(54-50)35-19-13-18-34(30-35)46-47-41(28-29-51-46)40-22-9-12-25-45(40)56-47/h1-31H. The molecule has 0 aliphatic carbocycles. The van der Waals surface area contributed by atoms with Crippen molar-refractivity contribution >= 4 is 53.3 Å². The molecule has 0 amide bonds. The zero-order chi connectivity index (χ0) is 37.0. The van der Waals surface area contributed by atoms with Crippen LogP contribution < -0.4 is 0 Å². The first-order valence-electron chi connectivity index (χ1n) is 18.6. The summed E-state index contributed by atoms with van der Waals surface area (Å²) in [6.45, 7) is 0. The molecule has 56 heavy (non-hydrogen) atoms. The second-order valence-electron chi connectivity index (χ2n) is 13.9. The highest BCUT2D eigenvalue weighted by Crippen LogP contribution is 2.41. The van der Waals surface area contributed by atoms with E-state index in [1.165, 1.54) is 30.9 Å². The van der Waals surface area contributed by atoms with E-state index in [0.29, 0.717) is 17.5 Å². The van der Waals surface area contributed by atoms with Gasteiger partial charge in [0.25, 0.3) is 0 Å². The number of benzene rings is 7. The average Bonchev–Trinajstić information content (AvgIpc) is 3.83. The van der Waals surface area contributed by atoms with Gasteiger partial charge in [-0.2, -0.15) is 0 Å². The molecule has 11 aromatic rings. The molecule has 0 aliphatic heterocycles. The maximum Gasteiger partial charge on any atom is 0.164 e. The van der Waals surface area contributed by atoms with Crippen molar-refractivity contribution in [3.8, 4) is 62.2 Å². The molecule has 0 N–H and O–H groups in total. The predicted octanol–water partition coefficient (Wildman–Crippen LogP) is 13.1. The minimum Gasteiger partial charge on any atom is -0.309 e. The smallest absolute Gasteiger partial charge is 0.164 e. The predicted molar refractivity (Wildman–Crippen MR) is 232 cm³/mol. The van der Waals surface area contributed by atoms with Crippen LogP contribution >= 0.6 is 11.3 Å². The van der Waals surface area contributed by atoms with Crippen LogP contribution in [0.4, 0.5) is 0 Å². The van der Waals surface area contributed by atoms with E-state index in [2.05, 4.69) is 156 Å². The van der Waals surface area contributed by atoms with E-state index < -0.39 is 0 Å². The molecule has 0 atom stereocenters. The maximum atomic E-state index is 5.23. The molecule has 0 radical (unpaired) electrons. The number of nitrogens with zero attached hydrogens (tertiary/aromatic N) is 5. The van der Waals surface area contributed by atoms with E-state index in [1.807, 2.05) is 36.5 Å². The van der Waals surface area contributed by atoms with Gasteiger partial charge in [-0.1, -0.05) is 146 Å². The van der Waals surface area contributed by atoms with Crippen LogP contribution in [0.1, 0.15) is 0 Å². The highest BCUT2D eigenvalue weighted by atomic mass is 32.1. The monoisotopic (exact) mass is 733 g/mol. The van der Waals surface area contributed by atoms with E-state index in [9.17, 15) is 0 Å². The molecule has 0 saturated heterocycles. The molecule has 0 spiro atoms. The Labute approximate surface area is 326 Å². The van der Waals surface area contributed by atoms with Crippen LogP contribution in [-0.2, 0) is 0 Å². The number of thiophene rings is 1. The Balaban J connectivity index is 1.12. The minimum atomic E-state index is 0.602. The molecule has 11 rings (SSSR count). The van der Waals surface area contributed by atoms with Crippen LogP contribution in [0.5, 0.6) is 0 Å². The molecule has 0 fully saturated rings. The van der Waals surface area contributed by atoms with Crippen molar-refractivity contribution in [3.63, 3.8) is 0 Å². The second kappa shape index (κ2) is 13.2. The Morgan fingerprint density at radius 3 is 1.66 bits per heavy atom. The average molecular weight is 734 g/mol. The van der Waals surface area contributed by atoms with Crippen LogP contribution in [0.3, 0.4) is 0 Å². The number of para-hydroxylation sites is 2. The van der Waals surface area contributed by atoms with Gasteiger partial charge in [0, 0.05) is 60.3 Å². The first kappa shape index (κ1) is 32.2. The van der Waals surface area contributed by atoms with Gasteiger partial charge in [-0.25, -0.2) is 15.0 Å². The van der Waals surface area contributed by atoms with Crippen molar-refractivity contribution in [1.82, 2.24) is 24.5 Å². The van der Waals surface area contributed by atoms with Gasteiger partial charge in [-0.05, 0) is 42.0 Å². The summed E-state index contributed by atoms with van der Waals surface area (Å²) in [5.74, 6) is 1.82. The lowest BCUT2D eigenvalue weighted by Gasteiger charge is -2.16. The Morgan fingerprint density at radius 2 is 0.946 bits per heavy atom. The van der Waals surface area contributed by atoms with Crippen LogP contribution in [-0.4, -0.2) is 24.5 Å². The van der Waals surface area contributed by atoms with Crippen molar-refractivity contribution in [3.05, 3.63) is 188 Å². The van der Waals surface area contributed by atoms with E-state index >= 15 is 0 Å². The molecule has 262 valence electrons. The second-order valence-corrected chi connectivity index (χ2v) is 14.9. The van der Waals surface area contributed by atoms with Gasteiger partial charge in [0.2, 0.25) is 0 Å². The summed E-state index contributed by atoms with van der Waals surface area (Å²) >= 11 is 1.78. The molecule has 0 unspecified atom stereocenters. The third-order valence-electron chi connectivity index (χ3n) is 10.5. The summed E-state index contributed by atoms with van der Waals surface area (Å²) in [6.07, 6.45) is 1.91. The lowest BCUT2D eigenvalue weighted by molar-refractivity contribution is 1.07. The molecule has 0 saturated carbocycles. The van der Waals surface area contributed by atoms with Gasteiger partial charge in [0.05, 0.1) is 27.1 Å². The molecular weight excluding hydrogens is 703 g/mol. The number of rotatable bonds is 6. The van der Waals surface area contributed by atoms with Crippen molar-refractivity contribution in [2.24, 2.45) is 0 Å². The fraction of sp³-hybridized carbons (Fsp3) is 0. The molecule has 6 heteroatoms. The largest absolute Gasteiger partial charge is 0.309 e. The zero-order valence-corrected chi connectivity index (χ0v) is 30.9. The van der Waals surface area contributed by atoms with Crippen LogP contribution in [0.15, 0.2) is 188 Å². The summed E-state index contributed by atoms with van der Waals surface area (Å²) in [5.41, 5.74) is 10.3. The van der Waals surface area contributed by atoms with Crippen LogP contribution in [0.25, 0.3) is 104 Å². The number of fused-ring (bicyclic) bond motifs is 6. The topological polar surface area (TPSA) is 56.5 Å². The fourth-order valence-corrected chi connectivity index (χ4v) is 9.12. The first-order chi connectivity index (χ1) is 27.8. The Morgan fingerprint density at radius 1 is 0.393 bits per heavy atom. The molecule has 4 aromatic heterocycles. The third-order valence-corrected chi connectivity index (χ3v) is 11.7. The van der Waals surface area contributed by atoms with Gasteiger partial charge in [0.1, 0.15) is 0 Å². The van der Waals surface area contributed by atoms with E-state index in [-0.39, 0.29) is 0 Å². The molecule has 0 bridgehead atoms. The summed E-state index contributed by atoms with van der Waals surface area (Å²) in [4.78, 5) is 20.4. The molecule has 7 aromatic carbocycles. The number of hydrogen-bond donors (Lipinski definition) is 0. The van der Waals surface area contributed by atoms with Crippen molar-refractivity contribution in [1.29, 1.82) is 0 Å².